The van der Waals surface area contributed by atoms with Gasteiger partial charge in [-0.1, -0.05) is 0 Å². The number of piperidine rings is 1. The molecule has 3 N–H and O–H groups in total. The van der Waals surface area contributed by atoms with Crippen molar-refractivity contribution in [2.45, 2.75) is 25.4 Å². The van der Waals surface area contributed by atoms with Crippen LogP contribution >= 0.6 is 0 Å². The van der Waals surface area contributed by atoms with Gasteiger partial charge < -0.3 is 15.7 Å². The molecular weight excluding hydrogens is 389 g/mol. The number of hydrogen-bond acceptors (Lipinski definition) is 6. The number of carbonyl (C=O) groups is 1. The van der Waals surface area contributed by atoms with Crippen LogP contribution in [0, 0.1) is 17.1 Å². The Balaban J connectivity index is 1.53. The third kappa shape index (κ3) is 4.16. The Morgan fingerprint density at radius 2 is 2.13 bits per heavy atom. The van der Waals surface area contributed by atoms with Gasteiger partial charge in [0.1, 0.15) is 23.7 Å². The summed E-state index contributed by atoms with van der Waals surface area (Å²) >= 11 is 0. The van der Waals surface area contributed by atoms with Crippen LogP contribution in [0.15, 0.2) is 36.8 Å². The van der Waals surface area contributed by atoms with Gasteiger partial charge in [-0.15, -0.1) is 0 Å². The first-order valence-electron chi connectivity index (χ1n) is 9.53. The van der Waals surface area contributed by atoms with Crippen molar-refractivity contribution in [1.29, 1.82) is 5.26 Å². The van der Waals surface area contributed by atoms with Gasteiger partial charge in [-0.2, -0.15) is 10.4 Å². The van der Waals surface area contributed by atoms with E-state index in [0.717, 1.165) is 37.0 Å². The molecule has 1 aliphatic heterocycles. The maximum atomic E-state index is 13.6. The molecule has 3 heterocycles. The fourth-order valence-corrected chi connectivity index (χ4v) is 3.71. The predicted octanol–water partition coefficient (Wildman–Crippen LogP) is 2.72. The van der Waals surface area contributed by atoms with Crippen LogP contribution in [-0.4, -0.2) is 49.8 Å². The lowest BCUT2D eigenvalue weighted by atomic mass is 10.0. The molecule has 154 valence electrons. The van der Waals surface area contributed by atoms with Crippen LogP contribution < -0.4 is 10.6 Å². The van der Waals surface area contributed by atoms with Crippen molar-refractivity contribution in [3.8, 4) is 6.07 Å². The zero-order chi connectivity index (χ0) is 21.1. The molecule has 4 rings (SSSR count). The average molecular weight is 409 g/mol. The van der Waals surface area contributed by atoms with E-state index in [2.05, 4.69) is 25.6 Å². The third-order valence-electron chi connectivity index (χ3n) is 5.20. The number of nitrogens with zero attached hydrogens (tertiary/aromatic N) is 5. The van der Waals surface area contributed by atoms with E-state index in [0.29, 0.717) is 18.1 Å². The largest absolute Gasteiger partial charge is 0.465 e. The SMILES string of the molecule is N#Cc1cc(Nc2ncnn3ccc(CN4CCC(NC(=O)O)CC4)c23)ccc1F. The molecule has 0 unspecified atom stereocenters. The minimum Gasteiger partial charge on any atom is -0.465 e. The number of benzene rings is 1. The average Bonchev–Trinajstić information content (AvgIpc) is 3.14. The van der Waals surface area contributed by atoms with Crippen LogP contribution in [0.3, 0.4) is 0 Å². The molecule has 0 aliphatic carbocycles. The monoisotopic (exact) mass is 409 g/mol. The number of anilines is 2. The highest BCUT2D eigenvalue weighted by atomic mass is 19.1. The second-order valence-electron chi connectivity index (χ2n) is 7.17. The number of nitriles is 1. The van der Waals surface area contributed by atoms with Gasteiger partial charge in [-0.05, 0) is 42.7 Å². The van der Waals surface area contributed by atoms with E-state index in [-0.39, 0.29) is 11.6 Å². The predicted molar refractivity (Wildman–Crippen MR) is 107 cm³/mol. The minimum absolute atomic E-state index is 0.0158. The summed E-state index contributed by atoms with van der Waals surface area (Å²) in [5.41, 5.74) is 2.33. The number of fused-ring (bicyclic) bond motifs is 1. The number of carboxylic acid groups (broad SMARTS) is 1. The summed E-state index contributed by atoms with van der Waals surface area (Å²) < 4.78 is 15.3. The van der Waals surface area contributed by atoms with Gasteiger partial charge in [0.25, 0.3) is 0 Å². The van der Waals surface area contributed by atoms with E-state index in [9.17, 15) is 9.18 Å². The first kappa shape index (κ1) is 19.6. The van der Waals surface area contributed by atoms with Gasteiger partial charge in [0.15, 0.2) is 5.82 Å². The lowest BCUT2D eigenvalue weighted by Crippen LogP contribution is -2.43. The zero-order valence-corrected chi connectivity index (χ0v) is 16.0. The molecule has 0 bridgehead atoms. The number of likely N-dealkylation sites (tertiary alicyclic amines) is 1. The molecule has 1 amide bonds. The van der Waals surface area contributed by atoms with Gasteiger partial charge in [-0.3, -0.25) is 4.90 Å². The Labute approximate surface area is 171 Å². The van der Waals surface area contributed by atoms with Crippen molar-refractivity contribution in [2.24, 2.45) is 0 Å². The summed E-state index contributed by atoms with van der Waals surface area (Å²) in [7, 11) is 0. The summed E-state index contributed by atoms with van der Waals surface area (Å²) in [5, 5.41) is 27.9. The van der Waals surface area contributed by atoms with E-state index in [4.69, 9.17) is 10.4 Å². The highest BCUT2D eigenvalue weighted by Gasteiger charge is 2.22. The molecule has 1 aromatic carbocycles. The lowest BCUT2D eigenvalue weighted by Gasteiger charge is -2.31. The molecule has 30 heavy (non-hydrogen) atoms. The van der Waals surface area contributed by atoms with Gasteiger partial charge in [-0.25, -0.2) is 18.7 Å². The highest BCUT2D eigenvalue weighted by molar-refractivity contribution is 5.76. The molecule has 9 nitrogen and oxygen atoms in total. The number of amides is 1. The number of rotatable bonds is 5. The Kier molecular flexibility index (Phi) is 5.45. The Morgan fingerprint density at radius 1 is 1.33 bits per heavy atom. The van der Waals surface area contributed by atoms with E-state index in [1.165, 1.54) is 18.5 Å². The standard InChI is InChI=1S/C20H20FN7O2/c21-17-2-1-16(9-14(17)10-22)25-19-18-13(3-8-28(18)24-12-23-19)11-27-6-4-15(5-7-27)26-20(29)30/h1-3,8-9,12,15,26H,4-7,11H2,(H,29,30)(H,23,24,25). The van der Waals surface area contributed by atoms with Crippen LogP contribution in [-0.2, 0) is 6.54 Å². The highest BCUT2D eigenvalue weighted by Crippen LogP contribution is 2.26. The van der Waals surface area contributed by atoms with E-state index >= 15 is 0 Å². The van der Waals surface area contributed by atoms with Crippen molar-refractivity contribution in [2.75, 3.05) is 18.4 Å². The van der Waals surface area contributed by atoms with Crippen molar-refractivity contribution in [3.63, 3.8) is 0 Å². The summed E-state index contributed by atoms with van der Waals surface area (Å²) in [4.78, 5) is 17.4. The molecule has 0 spiro atoms. The fourth-order valence-electron chi connectivity index (χ4n) is 3.71. The van der Waals surface area contributed by atoms with Crippen molar-refractivity contribution in [1.82, 2.24) is 24.8 Å². The molecule has 1 fully saturated rings. The van der Waals surface area contributed by atoms with Gasteiger partial charge in [0.2, 0.25) is 0 Å². The van der Waals surface area contributed by atoms with E-state index in [1.54, 1.807) is 10.6 Å². The molecular formula is C20H20FN7O2. The summed E-state index contributed by atoms with van der Waals surface area (Å²) in [6.07, 6.45) is 3.80. The van der Waals surface area contributed by atoms with Crippen molar-refractivity contribution < 1.29 is 14.3 Å². The van der Waals surface area contributed by atoms with Gasteiger partial charge in [0.05, 0.1) is 5.56 Å². The minimum atomic E-state index is -0.986. The molecule has 1 aliphatic rings. The molecule has 0 saturated carbocycles. The Morgan fingerprint density at radius 3 is 2.87 bits per heavy atom. The number of halogens is 1. The van der Waals surface area contributed by atoms with E-state index in [1.807, 2.05) is 18.3 Å². The van der Waals surface area contributed by atoms with Crippen LogP contribution in [0.2, 0.25) is 0 Å². The Bertz CT molecular complexity index is 1120. The second kappa shape index (κ2) is 8.34. The van der Waals surface area contributed by atoms with Crippen LogP contribution in [0.5, 0.6) is 0 Å². The number of hydrogen-bond donors (Lipinski definition) is 3. The third-order valence-corrected chi connectivity index (χ3v) is 5.20. The summed E-state index contributed by atoms with van der Waals surface area (Å²) in [6, 6.07) is 8.03. The molecule has 10 heteroatoms. The van der Waals surface area contributed by atoms with Gasteiger partial charge >= 0.3 is 6.09 Å². The number of nitrogens with one attached hydrogen (secondary N) is 2. The van der Waals surface area contributed by atoms with Crippen LogP contribution in [0.25, 0.3) is 5.52 Å². The smallest absolute Gasteiger partial charge is 0.404 e. The maximum Gasteiger partial charge on any atom is 0.404 e. The van der Waals surface area contributed by atoms with Crippen LogP contribution in [0.1, 0.15) is 24.0 Å². The first-order valence-corrected chi connectivity index (χ1v) is 9.53. The maximum absolute atomic E-state index is 13.6. The molecule has 2 aromatic heterocycles. The quantitative estimate of drug-likeness (QED) is 0.593. The van der Waals surface area contributed by atoms with Crippen molar-refractivity contribution >= 4 is 23.1 Å². The fraction of sp³-hybridized carbons (Fsp3) is 0.300. The molecule has 0 atom stereocenters. The molecule has 1 saturated heterocycles. The number of aromatic nitrogens is 3. The first-order chi connectivity index (χ1) is 14.5. The normalized spacial score (nSPS) is 15.1. The summed E-state index contributed by atoms with van der Waals surface area (Å²) in [6.45, 7) is 2.23. The van der Waals surface area contributed by atoms with E-state index < -0.39 is 11.9 Å². The second-order valence-corrected chi connectivity index (χ2v) is 7.17. The van der Waals surface area contributed by atoms with Crippen molar-refractivity contribution in [3.05, 3.63) is 53.7 Å². The molecule has 3 aromatic rings. The van der Waals surface area contributed by atoms with Crippen LogP contribution in [0.4, 0.5) is 20.7 Å². The Hall–Kier alpha value is -3.71. The van der Waals surface area contributed by atoms with Gasteiger partial charge in [0, 0.05) is 37.6 Å². The lowest BCUT2D eigenvalue weighted by molar-refractivity contribution is 0.165. The summed E-state index contributed by atoms with van der Waals surface area (Å²) in [5.74, 6) is -0.0111. The topological polar surface area (TPSA) is 119 Å². The zero-order valence-electron chi connectivity index (χ0n) is 16.0. The molecule has 0 radical (unpaired) electrons.